The highest BCUT2D eigenvalue weighted by atomic mass is 35.5. The van der Waals surface area contributed by atoms with Gasteiger partial charge in [0.05, 0.1) is 10.4 Å². The molecule has 2 aromatic rings. The van der Waals surface area contributed by atoms with Gasteiger partial charge in [-0.25, -0.2) is 4.98 Å². The third-order valence-corrected chi connectivity index (χ3v) is 5.08. The van der Waals surface area contributed by atoms with Crippen molar-refractivity contribution in [2.75, 3.05) is 6.54 Å². The van der Waals surface area contributed by atoms with E-state index in [-0.39, 0.29) is 9.47 Å². The number of nitrogens with zero attached hydrogens (tertiary/aromatic N) is 2. The summed E-state index contributed by atoms with van der Waals surface area (Å²) in [7, 11) is 0. The smallest absolute Gasteiger partial charge is 0.323 e. The molecule has 1 fully saturated rings. The maximum absolute atomic E-state index is 12.3. The van der Waals surface area contributed by atoms with E-state index in [4.69, 9.17) is 28.9 Å². The number of carbonyl (C=O) groups excluding carboxylic acids is 1. The molecule has 0 spiro atoms. The molecular weight excluding hydrogens is 368 g/mol. The number of carboxylic acid groups (broad SMARTS) is 1. The van der Waals surface area contributed by atoms with E-state index in [1.807, 2.05) is 31.2 Å². The third kappa shape index (κ3) is 3.28. The molecule has 1 saturated heterocycles. The lowest BCUT2D eigenvalue weighted by Crippen LogP contribution is -2.33. The highest BCUT2D eigenvalue weighted by Gasteiger charge is 2.33. The second-order valence-electron chi connectivity index (χ2n) is 5.23. The minimum Gasteiger partial charge on any atom is -0.480 e. The number of hydrogen-bond acceptors (Lipinski definition) is 5. The molecule has 5 nitrogen and oxygen atoms in total. The number of fused-ring (bicyclic) bond motifs is 1. The number of amides is 1. The van der Waals surface area contributed by atoms with Gasteiger partial charge in [0.25, 0.3) is 5.91 Å². The second-order valence-corrected chi connectivity index (χ2v) is 7.26. The Morgan fingerprint density at radius 2 is 2.21 bits per heavy atom. The fraction of sp³-hybridized carbons (Fsp3) is 0.125. The molecule has 0 bridgehead atoms. The van der Waals surface area contributed by atoms with Gasteiger partial charge in [-0.05, 0) is 31.2 Å². The number of aryl methyl sites for hydroxylation is 1. The van der Waals surface area contributed by atoms with Crippen molar-refractivity contribution in [3.05, 3.63) is 45.5 Å². The summed E-state index contributed by atoms with van der Waals surface area (Å²) in [5, 5.41) is 10.0. The first-order valence-electron chi connectivity index (χ1n) is 6.89. The van der Waals surface area contributed by atoms with E-state index in [9.17, 15) is 9.59 Å². The number of halogens is 1. The number of pyridine rings is 1. The van der Waals surface area contributed by atoms with Gasteiger partial charge >= 0.3 is 5.97 Å². The quantitative estimate of drug-likeness (QED) is 0.501. The number of rotatable bonds is 3. The van der Waals surface area contributed by atoms with Crippen molar-refractivity contribution >= 4 is 68.8 Å². The Balaban J connectivity index is 2.00. The summed E-state index contributed by atoms with van der Waals surface area (Å²) in [6.07, 6.45) is 1.60. The lowest BCUT2D eigenvalue weighted by Gasteiger charge is -2.10. The molecule has 0 radical (unpaired) electrons. The molecule has 122 valence electrons. The Hall–Kier alpha value is -1.96. The average molecular weight is 379 g/mol. The lowest BCUT2D eigenvalue weighted by molar-refractivity contribution is -0.140. The van der Waals surface area contributed by atoms with Gasteiger partial charge in [-0.1, -0.05) is 47.2 Å². The zero-order valence-electron chi connectivity index (χ0n) is 12.4. The first-order chi connectivity index (χ1) is 11.3. The predicted molar refractivity (Wildman–Crippen MR) is 99.0 cm³/mol. The fourth-order valence-corrected chi connectivity index (χ4v) is 3.75. The molecule has 1 aromatic heterocycles. The van der Waals surface area contributed by atoms with Crippen LogP contribution >= 0.6 is 35.6 Å². The van der Waals surface area contributed by atoms with Gasteiger partial charge in [0.1, 0.15) is 16.0 Å². The number of benzene rings is 1. The van der Waals surface area contributed by atoms with Crippen molar-refractivity contribution in [1.82, 2.24) is 9.88 Å². The van der Waals surface area contributed by atoms with E-state index in [0.29, 0.717) is 10.5 Å². The minimum atomic E-state index is -1.12. The lowest BCUT2D eigenvalue weighted by atomic mass is 10.1. The van der Waals surface area contributed by atoms with E-state index in [1.165, 1.54) is 0 Å². The zero-order chi connectivity index (χ0) is 17.4. The summed E-state index contributed by atoms with van der Waals surface area (Å²) in [6, 6.07) is 7.65. The molecule has 0 unspecified atom stereocenters. The molecule has 1 aromatic carbocycles. The summed E-state index contributed by atoms with van der Waals surface area (Å²) in [5.74, 6) is -1.55. The zero-order valence-corrected chi connectivity index (χ0v) is 14.8. The number of thioether (sulfide) groups is 1. The van der Waals surface area contributed by atoms with Crippen molar-refractivity contribution in [1.29, 1.82) is 0 Å². The van der Waals surface area contributed by atoms with Gasteiger partial charge in [0.2, 0.25) is 0 Å². The van der Waals surface area contributed by atoms with Gasteiger partial charge in [0, 0.05) is 10.9 Å². The molecule has 1 aliphatic heterocycles. The van der Waals surface area contributed by atoms with Crippen molar-refractivity contribution in [2.24, 2.45) is 0 Å². The van der Waals surface area contributed by atoms with Gasteiger partial charge in [0.15, 0.2) is 0 Å². The SMILES string of the molecule is Cc1ccc2nc(Cl)c(/C=C3\SC(=S)N(CC(=O)O)C3=O)cc2c1. The van der Waals surface area contributed by atoms with Crippen LogP contribution in [0.5, 0.6) is 0 Å². The molecule has 24 heavy (non-hydrogen) atoms. The van der Waals surface area contributed by atoms with E-state index >= 15 is 0 Å². The van der Waals surface area contributed by atoms with Crippen LogP contribution < -0.4 is 0 Å². The van der Waals surface area contributed by atoms with Crippen LogP contribution in [0.25, 0.3) is 17.0 Å². The maximum atomic E-state index is 12.3. The molecular formula is C16H11ClN2O3S2. The predicted octanol–water partition coefficient (Wildman–Crippen LogP) is 3.48. The summed E-state index contributed by atoms with van der Waals surface area (Å²) >= 11 is 12.3. The monoisotopic (exact) mass is 378 g/mol. The molecule has 1 aliphatic rings. The summed E-state index contributed by atoms with van der Waals surface area (Å²) < 4.78 is 0.217. The highest BCUT2D eigenvalue weighted by molar-refractivity contribution is 8.26. The Labute approximate surface area is 152 Å². The van der Waals surface area contributed by atoms with Crippen LogP contribution in [0.1, 0.15) is 11.1 Å². The molecule has 1 N–H and O–H groups in total. The summed E-state index contributed by atoms with van der Waals surface area (Å²) in [5.41, 5.74) is 2.44. The number of aliphatic carboxylic acids is 1. The second kappa shape index (κ2) is 6.51. The molecule has 0 atom stereocenters. The van der Waals surface area contributed by atoms with E-state index < -0.39 is 18.4 Å². The van der Waals surface area contributed by atoms with E-state index in [0.717, 1.165) is 33.1 Å². The number of thiocarbonyl (C=S) groups is 1. The number of aromatic nitrogens is 1. The van der Waals surface area contributed by atoms with Crippen molar-refractivity contribution in [3.63, 3.8) is 0 Å². The van der Waals surface area contributed by atoms with Gasteiger partial charge in [-0.15, -0.1) is 0 Å². The van der Waals surface area contributed by atoms with E-state index in [2.05, 4.69) is 4.98 Å². The van der Waals surface area contributed by atoms with Crippen LogP contribution in [0.3, 0.4) is 0 Å². The van der Waals surface area contributed by atoms with Crippen LogP contribution in [0.4, 0.5) is 0 Å². The largest absolute Gasteiger partial charge is 0.480 e. The maximum Gasteiger partial charge on any atom is 0.323 e. The van der Waals surface area contributed by atoms with Crippen molar-refractivity contribution in [3.8, 4) is 0 Å². The van der Waals surface area contributed by atoms with Crippen LogP contribution in [0, 0.1) is 6.92 Å². The molecule has 0 aliphatic carbocycles. The Morgan fingerprint density at radius 1 is 1.46 bits per heavy atom. The third-order valence-electron chi connectivity index (χ3n) is 3.40. The Bertz CT molecular complexity index is 927. The topological polar surface area (TPSA) is 70.5 Å². The summed E-state index contributed by atoms with van der Waals surface area (Å²) in [6.45, 7) is 1.52. The molecule has 3 rings (SSSR count). The number of carbonyl (C=O) groups is 2. The van der Waals surface area contributed by atoms with E-state index in [1.54, 1.807) is 6.08 Å². The molecule has 2 heterocycles. The fourth-order valence-electron chi connectivity index (χ4n) is 2.30. The Morgan fingerprint density at radius 3 is 2.92 bits per heavy atom. The minimum absolute atomic E-state index is 0.217. The first-order valence-corrected chi connectivity index (χ1v) is 8.49. The standard InChI is InChI=1S/C16H11ClN2O3S2/c1-8-2-3-11-9(4-8)5-10(14(17)18-11)6-12-15(22)19(7-13(20)21)16(23)24-12/h2-6H,7H2,1H3,(H,20,21)/b12-6-. The van der Waals surface area contributed by atoms with Crippen LogP contribution in [0.15, 0.2) is 29.2 Å². The van der Waals surface area contributed by atoms with Gasteiger partial charge in [-0.2, -0.15) is 0 Å². The van der Waals surface area contributed by atoms with Crippen molar-refractivity contribution < 1.29 is 14.7 Å². The van der Waals surface area contributed by atoms with Crippen LogP contribution in [-0.4, -0.2) is 37.7 Å². The normalized spacial score (nSPS) is 16.4. The van der Waals surface area contributed by atoms with Crippen LogP contribution in [-0.2, 0) is 9.59 Å². The van der Waals surface area contributed by atoms with Gasteiger partial charge < -0.3 is 5.11 Å². The van der Waals surface area contributed by atoms with Crippen LogP contribution in [0.2, 0.25) is 5.15 Å². The first kappa shape index (κ1) is 16.9. The molecule has 1 amide bonds. The van der Waals surface area contributed by atoms with Crippen molar-refractivity contribution in [2.45, 2.75) is 6.92 Å². The number of carboxylic acids is 1. The average Bonchev–Trinajstić information content (AvgIpc) is 2.76. The summed E-state index contributed by atoms with van der Waals surface area (Å²) in [4.78, 5) is 28.9. The molecule has 0 saturated carbocycles. The number of hydrogen-bond donors (Lipinski definition) is 1. The molecule has 8 heteroatoms. The highest BCUT2D eigenvalue weighted by Crippen LogP contribution is 2.34. The Kier molecular flexibility index (Phi) is 4.58. The van der Waals surface area contributed by atoms with Gasteiger partial charge in [-0.3, -0.25) is 14.5 Å².